The van der Waals surface area contributed by atoms with Gasteiger partial charge in [-0.05, 0) is 32.0 Å². The fraction of sp³-hybridized carbons (Fsp3) is 0.417. The molecule has 1 rings (SSSR count). The van der Waals surface area contributed by atoms with Gasteiger partial charge in [0.05, 0.1) is 14.2 Å². The first kappa shape index (κ1) is 12.4. The maximum absolute atomic E-state index is 5.86. The number of methoxy groups -OCH3 is 2. The largest absolute Gasteiger partial charge is 0.493 e. The molecule has 0 saturated heterocycles. The van der Waals surface area contributed by atoms with Crippen LogP contribution in [0.5, 0.6) is 11.5 Å². The molecule has 0 amide bonds. The van der Waals surface area contributed by atoms with E-state index in [9.17, 15) is 0 Å². The van der Waals surface area contributed by atoms with Crippen LogP contribution >= 0.6 is 0 Å². The Bertz CT molecular complexity index is 387. The predicted molar refractivity (Wildman–Crippen MR) is 65.4 cm³/mol. The Labute approximate surface area is 96.1 Å². The van der Waals surface area contributed by atoms with E-state index in [0.717, 1.165) is 5.56 Å². The molecule has 16 heavy (non-hydrogen) atoms. The highest BCUT2D eigenvalue weighted by molar-refractivity contribution is 5.98. The number of aliphatic imine (C=N–C) groups is 1. The Hall–Kier alpha value is -1.71. The molecule has 0 saturated carbocycles. The quantitative estimate of drug-likeness (QED) is 0.624. The zero-order valence-corrected chi connectivity index (χ0v) is 10.2. The van der Waals surface area contributed by atoms with E-state index in [1.54, 1.807) is 14.2 Å². The molecule has 4 heteroatoms. The molecule has 0 radical (unpaired) electrons. The summed E-state index contributed by atoms with van der Waals surface area (Å²) in [4.78, 5) is 4.28. The third kappa shape index (κ3) is 2.89. The van der Waals surface area contributed by atoms with Crippen LogP contribution in [0.3, 0.4) is 0 Å². The number of rotatable bonds is 4. The Morgan fingerprint density at radius 1 is 1.19 bits per heavy atom. The topological polar surface area (TPSA) is 56.8 Å². The monoisotopic (exact) mass is 222 g/mol. The normalized spacial score (nSPS) is 11.7. The van der Waals surface area contributed by atoms with Gasteiger partial charge in [-0.25, -0.2) is 0 Å². The van der Waals surface area contributed by atoms with Gasteiger partial charge in [-0.3, -0.25) is 4.99 Å². The summed E-state index contributed by atoms with van der Waals surface area (Å²) in [6.45, 7) is 3.96. The molecule has 0 bridgehead atoms. The maximum Gasteiger partial charge on any atom is 0.161 e. The molecule has 0 heterocycles. The van der Waals surface area contributed by atoms with Gasteiger partial charge in [-0.1, -0.05) is 0 Å². The van der Waals surface area contributed by atoms with E-state index < -0.39 is 0 Å². The van der Waals surface area contributed by atoms with Crippen LogP contribution in [-0.2, 0) is 0 Å². The minimum absolute atomic E-state index is 0.174. The molecule has 88 valence electrons. The molecular weight excluding hydrogens is 204 g/mol. The lowest BCUT2D eigenvalue weighted by Crippen LogP contribution is -2.15. The van der Waals surface area contributed by atoms with Crippen LogP contribution in [0.4, 0.5) is 0 Å². The fourth-order valence-electron chi connectivity index (χ4n) is 1.35. The van der Waals surface area contributed by atoms with E-state index in [2.05, 4.69) is 4.99 Å². The lowest BCUT2D eigenvalue weighted by Gasteiger charge is -2.09. The maximum atomic E-state index is 5.86. The third-order valence-corrected chi connectivity index (χ3v) is 2.08. The van der Waals surface area contributed by atoms with Crippen molar-refractivity contribution < 1.29 is 9.47 Å². The van der Waals surface area contributed by atoms with Crippen LogP contribution in [0.15, 0.2) is 23.2 Å². The minimum Gasteiger partial charge on any atom is -0.493 e. The van der Waals surface area contributed by atoms with Crippen molar-refractivity contribution in [1.29, 1.82) is 0 Å². The van der Waals surface area contributed by atoms with Crippen LogP contribution in [0.25, 0.3) is 0 Å². The second-order valence-electron chi connectivity index (χ2n) is 3.68. The SMILES string of the molecule is COc1ccc(C(N)=NC(C)C)cc1OC. The van der Waals surface area contributed by atoms with Crippen LogP contribution in [0.1, 0.15) is 19.4 Å². The molecule has 0 fully saturated rings. The number of ether oxygens (including phenoxy) is 2. The molecule has 0 aliphatic rings. The molecule has 2 N–H and O–H groups in total. The van der Waals surface area contributed by atoms with Gasteiger partial charge >= 0.3 is 0 Å². The number of nitrogens with zero attached hydrogens (tertiary/aromatic N) is 1. The number of amidine groups is 1. The highest BCUT2D eigenvalue weighted by Crippen LogP contribution is 2.27. The first-order valence-electron chi connectivity index (χ1n) is 5.14. The minimum atomic E-state index is 0.174. The highest BCUT2D eigenvalue weighted by atomic mass is 16.5. The van der Waals surface area contributed by atoms with Crippen molar-refractivity contribution in [2.24, 2.45) is 10.7 Å². The predicted octanol–water partition coefficient (Wildman–Crippen LogP) is 1.82. The van der Waals surface area contributed by atoms with Gasteiger partial charge in [0.2, 0.25) is 0 Å². The van der Waals surface area contributed by atoms with Crippen molar-refractivity contribution >= 4 is 5.84 Å². The van der Waals surface area contributed by atoms with Gasteiger partial charge in [0.15, 0.2) is 11.5 Å². The Balaban J connectivity index is 3.08. The smallest absolute Gasteiger partial charge is 0.161 e. The molecule has 0 unspecified atom stereocenters. The van der Waals surface area contributed by atoms with E-state index in [-0.39, 0.29) is 6.04 Å². The lowest BCUT2D eigenvalue weighted by molar-refractivity contribution is 0.355. The molecule has 1 aromatic carbocycles. The zero-order valence-electron chi connectivity index (χ0n) is 10.2. The average Bonchev–Trinajstić information content (AvgIpc) is 2.27. The number of hydrogen-bond acceptors (Lipinski definition) is 3. The van der Waals surface area contributed by atoms with Crippen molar-refractivity contribution in [3.8, 4) is 11.5 Å². The summed E-state index contributed by atoms with van der Waals surface area (Å²) in [5, 5.41) is 0. The van der Waals surface area contributed by atoms with Gasteiger partial charge in [0.25, 0.3) is 0 Å². The summed E-state index contributed by atoms with van der Waals surface area (Å²) in [5.74, 6) is 1.85. The van der Waals surface area contributed by atoms with E-state index in [4.69, 9.17) is 15.2 Å². The summed E-state index contributed by atoms with van der Waals surface area (Å²) in [7, 11) is 3.19. The Morgan fingerprint density at radius 2 is 1.81 bits per heavy atom. The number of benzene rings is 1. The van der Waals surface area contributed by atoms with Crippen LogP contribution in [-0.4, -0.2) is 26.1 Å². The molecular formula is C12H18N2O2. The number of nitrogens with two attached hydrogens (primary N) is 1. The Morgan fingerprint density at radius 3 is 2.31 bits per heavy atom. The van der Waals surface area contributed by atoms with Crippen molar-refractivity contribution in [3.05, 3.63) is 23.8 Å². The van der Waals surface area contributed by atoms with E-state index in [1.165, 1.54) is 0 Å². The highest BCUT2D eigenvalue weighted by Gasteiger charge is 2.06. The Kier molecular flexibility index (Phi) is 4.17. The molecule has 0 aliphatic carbocycles. The molecule has 1 aromatic rings. The lowest BCUT2D eigenvalue weighted by atomic mass is 10.2. The third-order valence-electron chi connectivity index (χ3n) is 2.08. The van der Waals surface area contributed by atoms with Gasteiger partial charge in [0.1, 0.15) is 5.84 Å². The molecule has 0 aromatic heterocycles. The molecule has 0 spiro atoms. The summed E-state index contributed by atoms with van der Waals surface area (Å²) in [6, 6.07) is 5.67. The summed E-state index contributed by atoms with van der Waals surface area (Å²) in [5.41, 5.74) is 6.70. The van der Waals surface area contributed by atoms with Crippen molar-refractivity contribution in [1.82, 2.24) is 0 Å². The van der Waals surface area contributed by atoms with Gasteiger partial charge < -0.3 is 15.2 Å². The second-order valence-corrected chi connectivity index (χ2v) is 3.68. The van der Waals surface area contributed by atoms with Gasteiger partial charge in [-0.15, -0.1) is 0 Å². The molecule has 0 aliphatic heterocycles. The standard InChI is InChI=1S/C12H18N2O2/c1-8(2)14-12(13)9-5-6-10(15-3)11(7-9)16-4/h5-8H,1-4H3,(H2,13,14). The summed E-state index contributed by atoms with van der Waals surface area (Å²) in [6.07, 6.45) is 0. The first-order chi connectivity index (χ1) is 7.58. The van der Waals surface area contributed by atoms with Gasteiger partial charge in [0, 0.05) is 11.6 Å². The van der Waals surface area contributed by atoms with Crippen molar-refractivity contribution in [2.75, 3.05) is 14.2 Å². The van der Waals surface area contributed by atoms with E-state index in [0.29, 0.717) is 17.3 Å². The first-order valence-corrected chi connectivity index (χ1v) is 5.14. The fourth-order valence-corrected chi connectivity index (χ4v) is 1.35. The van der Waals surface area contributed by atoms with Gasteiger partial charge in [-0.2, -0.15) is 0 Å². The average molecular weight is 222 g/mol. The number of hydrogen-bond donors (Lipinski definition) is 1. The van der Waals surface area contributed by atoms with Crippen LogP contribution < -0.4 is 15.2 Å². The zero-order chi connectivity index (χ0) is 12.1. The molecule has 4 nitrogen and oxygen atoms in total. The summed E-state index contributed by atoms with van der Waals surface area (Å²) >= 11 is 0. The molecule has 0 atom stereocenters. The summed E-state index contributed by atoms with van der Waals surface area (Å²) < 4.78 is 10.3. The van der Waals surface area contributed by atoms with E-state index >= 15 is 0 Å². The van der Waals surface area contributed by atoms with Crippen LogP contribution in [0.2, 0.25) is 0 Å². The van der Waals surface area contributed by atoms with Crippen molar-refractivity contribution in [3.63, 3.8) is 0 Å². The van der Waals surface area contributed by atoms with Crippen LogP contribution in [0, 0.1) is 0 Å². The second kappa shape index (κ2) is 5.39. The van der Waals surface area contributed by atoms with E-state index in [1.807, 2.05) is 32.0 Å². The van der Waals surface area contributed by atoms with Crippen molar-refractivity contribution in [2.45, 2.75) is 19.9 Å².